The molecule has 1 fully saturated rings. The van der Waals surface area contributed by atoms with Crippen molar-refractivity contribution in [1.82, 2.24) is 10.1 Å². The maximum Gasteiger partial charge on any atom is 0.303 e. The van der Waals surface area contributed by atoms with Crippen molar-refractivity contribution in [3.63, 3.8) is 0 Å². The van der Waals surface area contributed by atoms with E-state index in [4.69, 9.17) is 14.4 Å². The molecule has 0 radical (unpaired) electrons. The van der Waals surface area contributed by atoms with E-state index in [1.807, 2.05) is 0 Å². The van der Waals surface area contributed by atoms with E-state index in [2.05, 4.69) is 10.1 Å². The summed E-state index contributed by atoms with van der Waals surface area (Å²) in [5, 5.41) is 12.6. The molecule has 6 nitrogen and oxygen atoms in total. The van der Waals surface area contributed by atoms with E-state index < -0.39 is 5.97 Å². The number of carboxylic acid groups (broad SMARTS) is 1. The molecule has 0 amide bonds. The Balaban J connectivity index is 1.99. The second-order valence-corrected chi connectivity index (χ2v) is 4.99. The summed E-state index contributed by atoms with van der Waals surface area (Å²) in [7, 11) is 1.66. The van der Waals surface area contributed by atoms with Crippen LogP contribution in [0.1, 0.15) is 56.3 Å². The summed E-state index contributed by atoms with van der Waals surface area (Å²) in [6, 6.07) is 0. The van der Waals surface area contributed by atoms with Crippen LogP contribution in [-0.4, -0.2) is 28.3 Å². The summed E-state index contributed by atoms with van der Waals surface area (Å²) < 4.78 is 10.6. The number of methoxy groups -OCH3 is 1. The molecule has 1 unspecified atom stereocenters. The maximum absolute atomic E-state index is 10.5. The highest BCUT2D eigenvalue weighted by molar-refractivity contribution is 5.66. The molecule has 19 heavy (non-hydrogen) atoms. The lowest BCUT2D eigenvalue weighted by atomic mass is 9.85. The normalized spacial score (nSPS) is 18.4. The number of nitrogens with zero attached hydrogens (tertiary/aromatic N) is 2. The predicted octanol–water partition coefficient (Wildman–Crippen LogP) is 2.35. The summed E-state index contributed by atoms with van der Waals surface area (Å²) in [6.45, 7) is 0. The Labute approximate surface area is 112 Å². The molecule has 106 valence electrons. The molecule has 1 atom stereocenters. The summed E-state index contributed by atoms with van der Waals surface area (Å²) in [5.41, 5.74) is 0. The van der Waals surface area contributed by atoms with Gasteiger partial charge in [-0.1, -0.05) is 24.4 Å². The molecule has 6 heteroatoms. The second kappa shape index (κ2) is 6.65. The van der Waals surface area contributed by atoms with E-state index in [9.17, 15) is 4.79 Å². The lowest BCUT2D eigenvalue weighted by Gasteiger charge is -2.26. The molecule has 1 aromatic rings. The molecular formula is C13H20N2O4. The van der Waals surface area contributed by atoms with Gasteiger partial charge in [0, 0.05) is 13.5 Å². The Hall–Kier alpha value is -1.43. The van der Waals surface area contributed by atoms with Crippen molar-refractivity contribution in [2.75, 3.05) is 7.11 Å². The van der Waals surface area contributed by atoms with E-state index in [-0.39, 0.29) is 18.9 Å². The largest absolute Gasteiger partial charge is 0.481 e. The van der Waals surface area contributed by atoms with Crippen LogP contribution < -0.4 is 0 Å². The summed E-state index contributed by atoms with van der Waals surface area (Å²) in [6.07, 6.45) is 6.09. The number of aryl methyl sites for hydroxylation is 1. The van der Waals surface area contributed by atoms with Gasteiger partial charge in [0.25, 0.3) is 0 Å². The highest BCUT2D eigenvalue weighted by Gasteiger charge is 2.28. The van der Waals surface area contributed by atoms with Crippen LogP contribution in [0.5, 0.6) is 0 Å². The Bertz CT molecular complexity index is 413. The summed E-state index contributed by atoms with van der Waals surface area (Å²) >= 11 is 0. The third-order valence-corrected chi connectivity index (χ3v) is 3.62. The van der Waals surface area contributed by atoms with E-state index in [1.54, 1.807) is 7.11 Å². The number of aliphatic carboxylic acids is 1. The Morgan fingerprint density at radius 2 is 2.21 bits per heavy atom. The van der Waals surface area contributed by atoms with Gasteiger partial charge in [0.05, 0.1) is 6.42 Å². The van der Waals surface area contributed by atoms with Crippen LogP contribution in [-0.2, 0) is 16.0 Å². The molecule has 0 bridgehead atoms. The molecule has 1 aromatic heterocycles. The van der Waals surface area contributed by atoms with Gasteiger partial charge in [-0.05, 0) is 18.8 Å². The molecule has 2 rings (SSSR count). The van der Waals surface area contributed by atoms with E-state index in [0.717, 1.165) is 12.8 Å². The van der Waals surface area contributed by atoms with Crippen LogP contribution in [0.4, 0.5) is 0 Å². The Morgan fingerprint density at radius 3 is 2.84 bits per heavy atom. The number of hydrogen-bond acceptors (Lipinski definition) is 5. The Morgan fingerprint density at radius 1 is 1.47 bits per heavy atom. The van der Waals surface area contributed by atoms with Crippen LogP contribution in [0, 0.1) is 5.92 Å². The van der Waals surface area contributed by atoms with Gasteiger partial charge < -0.3 is 14.4 Å². The first kappa shape index (κ1) is 14.0. The molecule has 1 N–H and O–H groups in total. The number of aromatic nitrogens is 2. The quantitative estimate of drug-likeness (QED) is 0.852. The maximum atomic E-state index is 10.5. The smallest absolute Gasteiger partial charge is 0.303 e. The molecule has 0 aliphatic heterocycles. The molecule has 1 saturated carbocycles. The highest BCUT2D eigenvalue weighted by atomic mass is 16.5. The van der Waals surface area contributed by atoms with Crippen molar-refractivity contribution in [2.45, 2.75) is 51.0 Å². The molecular weight excluding hydrogens is 248 g/mol. The highest BCUT2D eigenvalue weighted by Crippen LogP contribution is 2.35. The average Bonchev–Trinajstić information content (AvgIpc) is 2.87. The molecule has 1 aliphatic carbocycles. The van der Waals surface area contributed by atoms with Crippen molar-refractivity contribution in [3.05, 3.63) is 11.7 Å². The number of carboxylic acids is 1. The zero-order valence-corrected chi connectivity index (χ0v) is 11.2. The number of carbonyl (C=O) groups is 1. The lowest BCUT2D eigenvalue weighted by Crippen LogP contribution is -2.19. The van der Waals surface area contributed by atoms with Gasteiger partial charge in [-0.25, -0.2) is 0 Å². The zero-order valence-electron chi connectivity index (χ0n) is 11.2. The Kier molecular flexibility index (Phi) is 4.90. The van der Waals surface area contributed by atoms with Crippen LogP contribution in [0.15, 0.2) is 4.52 Å². The van der Waals surface area contributed by atoms with Crippen LogP contribution >= 0.6 is 0 Å². The third kappa shape index (κ3) is 3.76. The van der Waals surface area contributed by atoms with Gasteiger partial charge in [0.2, 0.25) is 11.7 Å². The van der Waals surface area contributed by atoms with Crippen molar-refractivity contribution in [1.29, 1.82) is 0 Å². The third-order valence-electron chi connectivity index (χ3n) is 3.62. The topological polar surface area (TPSA) is 85.5 Å². The fourth-order valence-corrected chi connectivity index (χ4v) is 2.64. The molecule has 0 aromatic carbocycles. The fraction of sp³-hybridized carbons (Fsp3) is 0.769. The fourth-order valence-electron chi connectivity index (χ4n) is 2.64. The SMILES string of the molecule is COC(c1noc(CCC(=O)O)n1)C1CCCCC1. The van der Waals surface area contributed by atoms with Gasteiger partial charge in [0.1, 0.15) is 6.10 Å². The van der Waals surface area contributed by atoms with Gasteiger partial charge in [-0.15, -0.1) is 0 Å². The summed E-state index contributed by atoms with van der Waals surface area (Å²) in [4.78, 5) is 14.8. The van der Waals surface area contributed by atoms with Crippen LogP contribution in [0.2, 0.25) is 0 Å². The van der Waals surface area contributed by atoms with Gasteiger partial charge >= 0.3 is 5.97 Å². The standard InChI is InChI=1S/C13H20N2O4/c1-18-12(9-5-3-2-4-6-9)13-14-10(19-15-13)7-8-11(16)17/h9,12H,2-8H2,1H3,(H,16,17). The van der Waals surface area contributed by atoms with E-state index in [0.29, 0.717) is 17.6 Å². The second-order valence-electron chi connectivity index (χ2n) is 4.99. The van der Waals surface area contributed by atoms with Gasteiger partial charge in [-0.3, -0.25) is 4.79 Å². The van der Waals surface area contributed by atoms with E-state index >= 15 is 0 Å². The number of ether oxygens (including phenoxy) is 1. The monoisotopic (exact) mass is 268 g/mol. The van der Waals surface area contributed by atoms with Gasteiger partial charge in [0.15, 0.2) is 0 Å². The van der Waals surface area contributed by atoms with Crippen LogP contribution in [0.3, 0.4) is 0 Å². The first-order valence-electron chi connectivity index (χ1n) is 6.77. The molecule has 1 heterocycles. The molecule has 1 aliphatic rings. The lowest BCUT2D eigenvalue weighted by molar-refractivity contribution is -0.137. The first-order chi connectivity index (χ1) is 9.20. The minimum absolute atomic E-state index is 0.00269. The van der Waals surface area contributed by atoms with Crippen molar-refractivity contribution >= 4 is 5.97 Å². The zero-order chi connectivity index (χ0) is 13.7. The van der Waals surface area contributed by atoms with Crippen molar-refractivity contribution in [2.24, 2.45) is 5.92 Å². The van der Waals surface area contributed by atoms with Crippen molar-refractivity contribution < 1.29 is 19.2 Å². The van der Waals surface area contributed by atoms with Gasteiger partial charge in [-0.2, -0.15) is 4.98 Å². The minimum Gasteiger partial charge on any atom is -0.481 e. The van der Waals surface area contributed by atoms with E-state index in [1.165, 1.54) is 19.3 Å². The molecule has 0 saturated heterocycles. The number of hydrogen-bond donors (Lipinski definition) is 1. The summed E-state index contributed by atoms with van der Waals surface area (Å²) in [5.74, 6) is 0.490. The van der Waals surface area contributed by atoms with Crippen LogP contribution in [0.25, 0.3) is 0 Å². The minimum atomic E-state index is -0.865. The first-order valence-corrected chi connectivity index (χ1v) is 6.77. The number of rotatable bonds is 6. The average molecular weight is 268 g/mol. The predicted molar refractivity (Wildman–Crippen MR) is 66.6 cm³/mol. The van der Waals surface area contributed by atoms with Crippen molar-refractivity contribution in [3.8, 4) is 0 Å². The molecule has 0 spiro atoms.